The fraction of sp³-hybridized carbons (Fsp3) is 0.462. The maximum Gasteiger partial charge on any atom is 0.146 e. The average molecular weight is 236 g/mol. The SMILES string of the molecule is CC(C#N)CN(C)c1ccc([C@H](C)O)cc1F. The lowest BCUT2D eigenvalue weighted by molar-refractivity contribution is 0.199. The minimum Gasteiger partial charge on any atom is -0.389 e. The summed E-state index contributed by atoms with van der Waals surface area (Å²) in [5.41, 5.74) is 0.990. The number of halogens is 1. The molecule has 0 amide bonds. The van der Waals surface area contributed by atoms with Gasteiger partial charge in [0.25, 0.3) is 0 Å². The Morgan fingerprint density at radius 2 is 2.12 bits per heavy atom. The van der Waals surface area contributed by atoms with Gasteiger partial charge in [-0.05, 0) is 31.5 Å². The molecule has 0 radical (unpaired) electrons. The van der Waals surface area contributed by atoms with E-state index >= 15 is 0 Å². The van der Waals surface area contributed by atoms with Crippen molar-refractivity contribution in [3.8, 4) is 6.07 Å². The van der Waals surface area contributed by atoms with E-state index in [-0.39, 0.29) is 11.7 Å². The number of aliphatic hydroxyl groups is 1. The molecule has 0 bridgehead atoms. The zero-order chi connectivity index (χ0) is 13.0. The largest absolute Gasteiger partial charge is 0.389 e. The fourth-order valence-electron chi connectivity index (χ4n) is 1.64. The monoisotopic (exact) mass is 236 g/mol. The van der Waals surface area contributed by atoms with E-state index in [1.807, 2.05) is 0 Å². The summed E-state index contributed by atoms with van der Waals surface area (Å²) in [6, 6.07) is 6.76. The predicted molar refractivity (Wildman–Crippen MR) is 65.1 cm³/mol. The van der Waals surface area contributed by atoms with Crippen LogP contribution in [0.5, 0.6) is 0 Å². The molecule has 0 saturated carbocycles. The summed E-state index contributed by atoms with van der Waals surface area (Å²) < 4.78 is 13.8. The topological polar surface area (TPSA) is 47.3 Å². The number of aliphatic hydroxyl groups excluding tert-OH is 1. The molecule has 0 saturated heterocycles. The molecule has 1 rings (SSSR count). The van der Waals surface area contributed by atoms with Gasteiger partial charge in [0, 0.05) is 13.6 Å². The van der Waals surface area contributed by atoms with Crippen LogP contribution in [0.25, 0.3) is 0 Å². The minimum atomic E-state index is -0.679. The van der Waals surface area contributed by atoms with Crippen molar-refractivity contribution in [3.63, 3.8) is 0 Å². The number of nitriles is 1. The summed E-state index contributed by atoms with van der Waals surface area (Å²) in [5, 5.41) is 18.1. The van der Waals surface area contributed by atoms with Crippen LogP contribution in [0.1, 0.15) is 25.5 Å². The molecule has 0 aliphatic heterocycles. The Hall–Kier alpha value is -1.60. The summed E-state index contributed by atoms with van der Waals surface area (Å²) in [5.74, 6) is -0.535. The van der Waals surface area contributed by atoms with Crippen LogP contribution in [-0.2, 0) is 0 Å². The van der Waals surface area contributed by atoms with Gasteiger partial charge in [-0.2, -0.15) is 5.26 Å². The van der Waals surface area contributed by atoms with Gasteiger partial charge >= 0.3 is 0 Å². The van der Waals surface area contributed by atoms with Crippen LogP contribution in [0.2, 0.25) is 0 Å². The maximum atomic E-state index is 13.8. The molecule has 0 spiro atoms. The fourth-order valence-corrected chi connectivity index (χ4v) is 1.64. The molecule has 1 unspecified atom stereocenters. The Labute approximate surface area is 101 Å². The molecule has 2 atom stereocenters. The Kier molecular flexibility index (Phi) is 4.47. The van der Waals surface area contributed by atoms with E-state index < -0.39 is 6.10 Å². The molecule has 0 aromatic heterocycles. The van der Waals surface area contributed by atoms with Crippen molar-refractivity contribution in [2.75, 3.05) is 18.5 Å². The average Bonchev–Trinajstić information content (AvgIpc) is 2.28. The third kappa shape index (κ3) is 3.43. The Morgan fingerprint density at radius 1 is 1.47 bits per heavy atom. The first-order valence-corrected chi connectivity index (χ1v) is 5.54. The van der Waals surface area contributed by atoms with Crippen molar-refractivity contribution in [2.24, 2.45) is 5.92 Å². The van der Waals surface area contributed by atoms with Crippen LogP contribution in [0.3, 0.4) is 0 Å². The highest BCUT2D eigenvalue weighted by Gasteiger charge is 2.12. The van der Waals surface area contributed by atoms with Crippen molar-refractivity contribution in [2.45, 2.75) is 20.0 Å². The highest BCUT2D eigenvalue weighted by atomic mass is 19.1. The van der Waals surface area contributed by atoms with Crippen molar-refractivity contribution < 1.29 is 9.50 Å². The van der Waals surface area contributed by atoms with Crippen LogP contribution in [-0.4, -0.2) is 18.7 Å². The Morgan fingerprint density at radius 3 is 2.59 bits per heavy atom. The van der Waals surface area contributed by atoms with E-state index in [2.05, 4.69) is 6.07 Å². The molecule has 3 nitrogen and oxygen atoms in total. The second-order valence-electron chi connectivity index (χ2n) is 4.30. The first-order valence-electron chi connectivity index (χ1n) is 5.54. The standard InChI is InChI=1S/C13H17FN2O/c1-9(7-15)8-16(3)13-5-4-11(10(2)17)6-12(13)14/h4-6,9-10,17H,8H2,1-3H3/t9?,10-/m0/s1. The first-order chi connectivity index (χ1) is 7.95. The summed E-state index contributed by atoms with van der Waals surface area (Å²) in [6.07, 6.45) is -0.679. The molecule has 1 N–H and O–H groups in total. The molecule has 0 fully saturated rings. The summed E-state index contributed by atoms with van der Waals surface area (Å²) >= 11 is 0. The van der Waals surface area contributed by atoms with Gasteiger partial charge in [-0.25, -0.2) is 4.39 Å². The van der Waals surface area contributed by atoms with E-state index in [1.54, 1.807) is 37.9 Å². The number of nitrogens with zero attached hydrogens (tertiary/aromatic N) is 2. The molecule has 0 aliphatic rings. The molecule has 0 aliphatic carbocycles. The molecule has 17 heavy (non-hydrogen) atoms. The van der Waals surface area contributed by atoms with Gasteiger partial charge in [-0.15, -0.1) is 0 Å². The maximum absolute atomic E-state index is 13.8. The van der Waals surface area contributed by atoms with Gasteiger partial charge in [-0.3, -0.25) is 0 Å². The van der Waals surface area contributed by atoms with E-state index in [0.717, 1.165) is 0 Å². The van der Waals surface area contributed by atoms with Gasteiger partial charge < -0.3 is 10.0 Å². The van der Waals surface area contributed by atoms with E-state index in [9.17, 15) is 9.50 Å². The highest BCUT2D eigenvalue weighted by molar-refractivity contribution is 5.49. The van der Waals surface area contributed by atoms with Crippen LogP contribution >= 0.6 is 0 Å². The van der Waals surface area contributed by atoms with E-state index in [4.69, 9.17) is 5.26 Å². The number of hydrogen-bond donors (Lipinski definition) is 1. The lowest BCUT2D eigenvalue weighted by Crippen LogP contribution is -2.24. The summed E-state index contributed by atoms with van der Waals surface area (Å²) in [6.45, 7) is 3.86. The van der Waals surface area contributed by atoms with Crippen LogP contribution in [0, 0.1) is 23.1 Å². The zero-order valence-electron chi connectivity index (χ0n) is 10.3. The summed E-state index contributed by atoms with van der Waals surface area (Å²) in [4.78, 5) is 1.70. The van der Waals surface area contributed by atoms with Gasteiger partial charge in [0.05, 0.1) is 23.8 Å². The quantitative estimate of drug-likeness (QED) is 0.873. The summed E-state index contributed by atoms with van der Waals surface area (Å²) in [7, 11) is 1.74. The third-order valence-corrected chi connectivity index (χ3v) is 2.63. The number of hydrogen-bond acceptors (Lipinski definition) is 3. The number of anilines is 1. The van der Waals surface area contributed by atoms with Crippen LogP contribution in [0.4, 0.5) is 10.1 Å². The highest BCUT2D eigenvalue weighted by Crippen LogP contribution is 2.23. The molecule has 92 valence electrons. The predicted octanol–water partition coefficient (Wildman–Crippen LogP) is 2.47. The molecular weight excluding hydrogens is 219 g/mol. The minimum absolute atomic E-state index is 0.157. The smallest absolute Gasteiger partial charge is 0.146 e. The van der Waals surface area contributed by atoms with Crippen LogP contribution in [0.15, 0.2) is 18.2 Å². The molecule has 4 heteroatoms. The Balaban J connectivity index is 2.89. The van der Waals surface area contributed by atoms with E-state index in [1.165, 1.54) is 6.07 Å². The third-order valence-electron chi connectivity index (χ3n) is 2.63. The normalized spacial score (nSPS) is 13.9. The van der Waals surface area contributed by atoms with Crippen LogP contribution < -0.4 is 4.90 Å². The van der Waals surface area contributed by atoms with Gasteiger partial charge in [-0.1, -0.05) is 6.07 Å². The number of benzene rings is 1. The zero-order valence-corrected chi connectivity index (χ0v) is 10.3. The van der Waals surface area contributed by atoms with Crippen molar-refractivity contribution in [1.82, 2.24) is 0 Å². The lowest BCUT2D eigenvalue weighted by Gasteiger charge is -2.21. The van der Waals surface area contributed by atoms with Crippen molar-refractivity contribution in [3.05, 3.63) is 29.6 Å². The lowest BCUT2D eigenvalue weighted by atomic mass is 10.1. The second kappa shape index (κ2) is 5.65. The van der Waals surface area contributed by atoms with Gasteiger partial charge in [0.1, 0.15) is 5.82 Å². The van der Waals surface area contributed by atoms with Gasteiger partial charge in [0.2, 0.25) is 0 Å². The second-order valence-corrected chi connectivity index (χ2v) is 4.30. The molecule has 1 aromatic carbocycles. The molecule has 0 heterocycles. The van der Waals surface area contributed by atoms with E-state index in [0.29, 0.717) is 17.8 Å². The van der Waals surface area contributed by atoms with Gasteiger partial charge in [0.15, 0.2) is 0 Å². The van der Waals surface area contributed by atoms with Crippen molar-refractivity contribution >= 4 is 5.69 Å². The van der Waals surface area contributed by atoms with Crippen molar-refractivity contribution in [1.29, 1.82) is 5.26 Å². The number of rotatable bonds is 4. The molecular formula is C13H17FN2O. The Bertz CT molecular complexity index is 426. The molecule has 1 aromatic rings. The first kappa shape index (κ1) is 13.5.